The predicted octanol–water partition coefficient (Wildman–Crippen LogP) is 2.93. The van der Waals surface area contributed by atoms with Crippen molar-refractivity contribution in [2.45, 2.75) is 13.3 Å². The third kappa shape index (κ3) is 2.91. The molecule has 0 aliphatic heterocycles. The second kappa shape index (κ2) is 5.59. The molecule has 0 spiro atoms. The van der Waals surface area contributed by atoms with Crippen molar-refractivity contribution in [3.8, 4) is 0 Å². The van der Waals surface area contributed by atoms with Gasteiger partial charge in [-0.1, -0.05) is 19.1 Å². The second-order valence-corrected chi connectivity index (χ2v) is 4.19. The van der Waals surface area contributed by atoms with E-state index in [1.807, 2.05) is 30.5 Å². The lowest BCUT2D eigenvalue weighted by Gasteiger charge is -2.11. The molecular weight excluding hydrogens is 230 g/mol. The van der Waals surface area contributed by atoms with Crippen molar-refractivity contribution in [2.75, 3.05) is 11.9 Å². The quantitative estimate of drug-likeness (QED) is 0.815. The molecule has 0 saturated heterocycles. The molecule has 1 aromatic heterocycles. The predicted molar refractivity (Wildman–Crippen MR) is 76.3 cm³/mol. The van der Waals surface area contributed by atoms with Crippen LogP contribution in [0.1, 0.15) is 13.3 Å². The fourth-order valence-corrected chi connectivity index (χ4v) is 1.85. The molecule has 17 heavy (non-hydrogen) atoms. The molecule has 0 atom stereocenters. The van der Waals surface area contributed by atoms with Gasteiger partial charge in [-0.15, -0.1) is 0 Å². The minimum Gasteiger partial charge on any atom is -0.362 e. The highest BCUT2D eigenvalue weighted by atomic mass is 32.1. The molecule has 3 nitrogen and oxygen atoms in total. The van der Waals surface area contributed by atoms with Gasteiger partial charge in [0.25, 0.3) is 0 Å². The molecular formula is C13H15N3S. The van der Waals surface area contributed by atoms with Crippen molar-refractivity contribution in [2.24, 2.45) is 0 Å². The molecule has 0 aliphatic carbocycles. The molecule has 0 radical (unpaired) electrons. The average molecular weight is 245 g/mol. The number of nitrogens with one attached hydrogen (secondary N) is 2. The summed E-state index contributed by atoms with van der Waals surface area (Å²) in [5, 5.41) is 9.26. The first kappa shape index (κ1) is 11.8. The van der Waals surface area contributed by atoms with Gasteiger partial charge in [-0.2, -0.15) is 0 Å². The van der Waals surface area contributed by atoms with E-state index in [0.717, 1.165) is 29.4 Å². The zero-order valence-corrected chi connectivity index (χ0v) is 10.6. The van der Waals surface area contributed by atoms with E-state index in [0.29, 0.717) is 5.11 Å². The molecule has 2 N–H and O–H groups in total. The molecule has 2 rings (SSSR count). The van der Waals surface area contributed by atoms with Crippen LogP contribution in [0.15, 0.2) is 36.7 Å². The van der Waals surface area contributed by atoms with Crippen molar-refractivity contribution in [3.05, 3.63) is 36.7 Å². The highest BCUT2D eigenvalue weighted by Gasteiger charge is 2.01. The Kier molecular flexibility index (Phi) is 3.88. The maximum absolute atomic E-state index is 5.23. The van der Waals surface area contributed by atoms with Gasteiger partial charge in [0, 0.05) is 35.4 Å². The minimum atomic E-state index is 0.663. The van der Waals surface area contributed by atoms with Gasteiger partial charge < -0.3 is 10.6 Å². The van der Waals surface area contributed by atoms with E-state index >= 15 is 0 Å². The Morgan fingerprint density at radius 3 is 3.06 bits per heavy atom. The molecule has 88 valence electrons. The molecule has 0 aliphatic rings. The van der Waals surface area contributed by atoms with E-state index in [1.54, 1.807) is 6.20 Å². The van der Waals surface area contributed by atoms with Gasteiger partial charge >= 0.3 is 0 Å². The van der Waals surface area contributed by atoms with Crippen molar-refractivity contribution in [3.63, 3.8) is 0 Å². The van der Waals surface area contributed by atoms with Gasteiger partial charge in [-0.25, -0.2) is 0 Å². The Bertz CT molecular complexity index is 520. The van der Waals surface area contributed by atoms with E-state index < -0.39 is 0 Å². The number of hydrogen-bond acceptors (Lipinski definition) is 2. The lowest BCUT2D eigenvalue weighted by Crippen LogP contribution is -2.28. The summed E-state index contributed by atoms with van der Waals surface area (Å²) >= 11 is 5.23. The van der Waals surface area contributed by atoms with Crippen LogP contribution in [0, 0.1) is 0 Å². The summed E-state index contributed by atoms with van der Waals surface area (Å²) in [6.07, 6.45) is 4.69. The zero-order chi connectivity index (χ0) is 12.1. The van der Waals surface area contributed by atoms with Crippen molar-refractivity contribution < 1.29 is 0 Å². The van der Waals surface area contributed by atoms with E-state index in [1.165, 1.54) is 0 Å². The summed E-state index contributed by atoms with van der Waals surface area (Å²) < 4.78 is 0. The van der Waals surface area contributed by atoms with Crippen molar-refractivity contribution in [1.82, 2.24) is 10.3 Å². The lowest BCUT2D eigenvalue weighted by atomic mass is 10.1. The minimum absolute atomic E-state index is 0.663. The standard InChI is InChI=1S/C13H15N3S/c1-2-7-15-13(17)16-12-5-3-4-10-9-14-8-6-11(10)12/h3-6,8-9H,2,7H2,1H3,(H2,15,16,17). The smallest absolute Gasteiger partial charge is 0.170 e. The Morgan fingerprint density at radius 1 is 1.35 bits per heavy atom. The van der Waals surface area contributed by atoms with Crippen LogP contribution in [0.5, 0.6) is 0 Å². The highest BCUT2D eigenvalue weighted by molar-refractivity contribution is 7.80. The van der Waals surface area contributed by atoms with Crippen LogP contribution in [-0.2, 0) is 0 Å². The highest BCUT2D eigenvalue weighted by Crippen LogP contribution is 2.21. The normalized spacial score (nSPS) is 10.2. The lowest BCUT2D eigenvalue weighted by molar-refractivity contribution is 0.847. The van der Waals surface area contributed by atoms with Crippen molar-refractivity contribution in [1.29, 1.82) is 0 Å². The summed E-state index contributed by atoms with van der Waals surface area (Å²) in [6, 6.07) is 8.03. The summed E-state index contributed by atoms with van der Waals surface area (Å²) in [6.45, 7) is 3.00. The second-order valence-electron chi connectivity index (χ2n) is 3.78. The van der Waals surface area contributed by atoms with Crippen LogP contribution in [0.4, 0.5) is 5.69 Å². The third-order valence-corrected chi connectivity index (χ3v) is 2.71. The van der Waals surface area contributed by atoms with Crippen LogP contribution < -0.4 is 10.6 Å². The molecule has 1 heterocycles. The summed E-state index contributed by atoms with van der Waals surface area (Å²) in [4.78, 5) is 4.11. The number of fused-ring (bicyclic) bond motifs is 1. The number of nitrogens with zero attached hydrogens (tertiary/aromatic N) is 1. The van der Waals surface area contributed by atoms with E-state index in [2.05, 4.69) is 22.5 Å². The first-order valence-corrected chi connectivity index (χ1v) is 6.09. The molecule has 0 fully saturated rings. The number of anilines is 1. The van der Waals surface area contributed by atoms with Gasteiger partial charge in [0.1, 0.15) is 0 Å². The number of hydrogen-bond donors (Lipinski definition) is 2. The number of thiocarbonyl (C=S) groups is 1. The van der Waals surface area contributed by atoms with Crippen LogP contribution in [0.25, 0.3) is 10.8 Å². The Hall–Kier alpha value is -1.68. The Balaban J connectivity index is 2.21. The molecule has 0 amide bonds. The van der Waals surface area contributed by atoms with Gasteiger partial charge in [0.05, 0.1) is 0 Å². The molecule has 0 bridgehead atoms. The van der Waals surface area contributed by atoms with Gasteiger partial charge in [0.2, 0.25) is 0 Å². The van der Waals surface area contributed by atoms with Crippen LogP contribution >= 0.6 is 12.2 Å². The fourth-order valence-electron chi connectivity index (χ4n) is 1.64. The monoisotopic (exact) mass is 245 g/mol. The van der Waals surface area contributed by atoms with Crippen LogP contribution in [0.3, 0.4) is 0 Å². The third-order valence-electron chi connectivity index (χ3n) is 2.46. The molecule has 1 aromatic carbocycles. The van der Waals surface area contributed by atoms with Crippen LogP contribution in [-0.4, -0.2) is 16.6 Å². The largest absolute Gasteiger partial charge is 0.362 e. The van der Waals surface area contributed by atoms with E-state index in [4.69, 9.17) is 12.2 Å². The zero-order valence-electron chi connectivity index (χ0n) is 9.73. The topological polar surface area (TPSA) is 37.0 Å². The Morgan fingerprint density at radius 2 is 2.24 bits per heavy atom. The number of pyridine rings is 1. The Labute approximate surface area is 106 Å². The summed E-state index contributed by atoms with van der Waals surface area (Å²) in [5.41, 5.74) is 1.01. The SMILES string of the molecule is CCCNC(=S)Nc1cccc2cnccc12. The number of rotatable bonds is 3. The van der Waals surface area contributed by atoms with Gasteiger partial charge in [0.15, 0.2) is 5.11 Å². The maximum Gasteiger partial charge on any atom is 0.170 e. The first-order valence-electron chi connectivity index (χ1n) is 5.69. The van der Waals surface area contributed by atoms with Gasteiger partial charge in [-0.3, -0.25) is 4.98 Å². The van der Waals surface area contributed by atoms with Crippen LogP contribution in [0.2, 0.25) is 0 Å². The summed E-state index contributed by atoms with van der Waals surface area (Å²) in [5.74, 6) is 0. The fraction of sp³-hybridized carbons (Fsp3) is 0.231. The maximum atomic E-state index is 5.23. The van der Waals surface area contributed by atoms with E-state index in [9.17, 15) is 0 Å². The molecule has 0 saturated carbocycles. The van der Waals surface area contributed by atoms with Gasteiger partial charge in [-0.05, 0) is 30.8 Å². The number of aromatic nitrogens is 1. The first-order chi connectivity index (χ1) is 8.31. The molecule has 4 heteroatoms. The molecule has 0 unspecified atom stereocenters. The molecule has 2 aromatic rings. The van der Waals surface area contributed by atoms with Crippen molar-refractivity contribution >= 4 is 33.8 Å². The number of benzene rings is 1. The summed E-state index contributed by atoms with van der Waals surface area (Å²) in [7, 11) is 0. The van der Waals surface area contributed by atoms with E-state index in [-0.39, 0.29) is 0 Å². The average Bonchev–Trinajstić information content (AvgIpc) is 2.37.